The third-order valence-electron chi connectivity index (χ3n) is 5.73. The van der Waals surface area contributed by atoms with E-state index < -0.39 is 17.0 Å². The number of likely N-dealkylation sites (tertiary alicyclic amines) is 1. The summed E-state index contributed by atoms with van der Waals surface area (Å²) in [6.45, 7) is 1.85. The number of halogens is 2. The van der Waals surface area contributed by atoms with E-state index in [2.05, 4.69) is 9.97 Å². The summed E-state index contributed by atoms with van der Waals surface area (Å²) in [6, 6.07) is 6.87. The van der Waals surface area contributed by atoms with Gasteiger partial charge in [0, 0.05) is 37.9 Å². The maximum absolute atomic E-state index is 13.9. The van der Waals surface area contributed by atoms with E-state index in [-0.39, 0.29) is 18.0 Å². The minimum Gasteiger partial charge on any atom is -0.341 e. The molecular weight excluding hydrogens is 364 g/mol. The molecule has 0 radical (unpaired) electrons. The number of aromatic nitrogens is 2. The molecule has 2 saturated heterocycles. The molecule has 1 aromatic heterocycles. The van der Waals surface area contributed by atoms with Gasteiger partial charge in [-0.1, -0.05) is 0 Å². The van der Waals surface area contributed by atoms with Gasteiger partial charge in [0.05, 0.1) is 5.41 Å². The SMILES string of the molecule is N#Cc1ccnc(N2CCC3(CCN(Cc4cc(F)ccc4F)C3=O)CC2)n1. The van der Waals surface area contributed by atoms with Crippen molar-refractivity contribution in [3.05, 3.63) is 53.4 Å². The molecule has 144 valence electrons. The van der Waals surface area contributed by atoms with Crippen LogP contribution in [-0.4, -0.2) is 40.4 Å². The van der Waals surface area contributed by atoms with Gasteiger partial charge < -0.3 is 9.80 Å². The Morgan fingerprint density at radius 2 is 1.89 bits per heavy atom. The Kier molecular flexibility index (Phi) is 4.67. The molecule has 0 saturated carbocycles. The Morgan fingerprint density at radius 3 is 2.64 bits per heavy atom. The lowest BCUT2D eigenvalue weighted by atomic mass is 9.77. The second kappa shape index (κ2) is 7.15. The zero-order chi connectivity index (χ0) is 19.7. The summed E-state index contributed by atoms with van der Waals surface area (Å²) in [5.41, 5.74) is 0.0442. The molecule has 4 rings (SSSR count). The Hall–Kier alpha value is -3.08. The van der Waals surface area contributed by atoms with E-state index in [9.17, 15) is 13.6 Å². The molecule has 6 nitrogen and oxygen atoms in total. The van der Waals surface area contributed by atoms with E-state index >= 15 is 0 Å². The first kappa shape index (κ1) is 18.3. The first-order valence-electron chi connectivity index (χ1n) is 9.22. The third-order valence-corrected chi connectivity index (χ3v) is 5.73. The topological polar surface area (TPSA) is 73.1 Å². The van der Waals surface area contributed by atoms with Crippen LogP contribution in [0.2, 0.25) is 0 Å². The van der Waals surface area contributed by atoms with Crippen LogP contribution in [0.25, 0.3) is 0 Å². The van der Waals surface area contributed by atoms with Crippen molar-refractivity contribution >= 4 is 11.9 Å². The van der Waals surface area contributed by atoms with Crippen molar-refractivity contribution in [2.45, 2.75) is 25.8 Å². The molecule has 0 aliphatic carbocycles. The van der Waals surface area contributed by atoms with Gasteiger partial charge in [-0.3, -0.25) is 4.79 Å². The highest BCUT2D eigenvalue weighted by Crippen LogP contribution is 2.42. The summed E-state index contributed by atoms with van der Waals surface area (Å²) in [5.74, 6) is -0.509. The fourth-order valence-corrected chi connectivity index (χ4v) is 4.08. The van der Waals surface area contributed by atoms with Crippen LogP contribution in [0.3, 0.4) is 0 Å². The molecule has 0 unspecified atom stereocenters. The molecule has 1 aromatic carbocycles. The van der Waals surface area contributed by atoms with Crippen LogP contribution in [0.15, 0.2) is 30.5 Å². The zero-order valence-corrected chi connectivity index (χ0v) is 15.2. The van der Waals surface area contributed by atoms with Crippen molar-refractivity contribution in [3.63, 3.8) is 0 Å². The van der Waals surface area contributed by atoms with Gasteiger partial charge in [0.2, 0.25) is 11.9 Å². The van der Waals surface area contributed by atoms with Gasteiger partial charge in [-0.05, 0) is 43.5 Å². The lowest BCUT2D eigenvalue weighted by Crippen LogP contribution is -2.45. The third kappa shape index (κ3) is 3.28. The predicted molar refractivity (Wildman–Crippen MR) is 97.0 cm³/mol. The maximum atomic E-state index is 13.9. The van der Waals surface area contributed by atoms with E-state index in [1.54, 1.807) is 17.2 Å². The van der Waals surface area contributed by atoms with Crippen LogP contribution in [0.5, 0.6) is 0 Å². The molecule has 2 aliphatic rings. The summed E-state index contributed by atoms with van der Waals surface area (Å²) < 4.78 is 27.4. The lowest BCUT2D eigenvalue weighted by molar-refractivity contribution is -0.137. The first-order chi connectivity index (χ1) is 13.5. The molecule has 0 N–H and O–H groups in total. The van der Waals surface area contributed by atoms with Gasteiger partial charge in [-0.25, -0.2) is 18.7 Å². The summed E-state index contributed by atoms with van der Waals surface area (Å²) >= 11 is 0. The number of benzene rings is 1. The van der Waals surface area contributed by atoms with Crippen molar-refractivity contribution in [2.24, 2.45) is 5.41 Å². The number of nitriles is 1. The Balaban J connectivity index is 1.44. The van der Waals surface area contributed by atoms with Crippen LogP contribution in [0.4, 0.5) is 14.7 Å². The highest BCUT2D eigenvalue weighted by atomic mass is 19.1. The van der Waals surface area contributed by atoms with E-state index in [0.29, 0.717) is 50.5 Å². The predicted octanol–water partition coefficient (Wildman–Crippen LogP) is 2.65. The number of piperidine rings is 1. The summed E-state index contributed by atoms with van der Waals surface area (Å²) in [6.07, 6.45) is 3.55. The number of hydrogen-bond donors (Lipinski definition) is 0. The van der Waals surface area contributed by atoms with Crippen molar-refractivity contribution in [2.75, 3.05) is 24.5 Å². The first-order valence-corrected chi connectivity index (χ1v) is 9.22. The minimum atomic E-state index is -0.509. The quantitative estimate of drug-likeness (QED) is 0.815. The van der Waals surface area contributed by atoms with Crippen molar-refractivity contribution in [3.8, 4) is 6.07 Å². The molecule has 3 heterocycles. The number of carbonyl (C=O) groups excluding carboxylic acids is 1. The number of nitrogens with zero attached hydrogens (tertiary/aromatic N) is 5. The monoisotopic (exact) mass is 383 g/mol. The van der Waals surface area contributed by atoms with E-state index in [1.807, 2.05) is 11.0 Å². The Morgan fingerprint density at radius 1 is 1.14 bits per heavy atom. The fraction of sp³-hybridized carbons (Fsp3) is 0.400. The van der Waals surface area contributed by atoms with E-state index in [1.165, 1.54) is 0 Å². The van der Waals surface area contributed by atoms with Crippen LogP contribution < -0.4 is 4.90 Å². The van der Waals surface area contributed by atoms with E-state index in [0.717, 1.165) is 18.2 Å². The number of rotatable bonds is 3. The summed E-state index contributed by atoms with van der Waals surface area (Å²) in [5, 5.41) is 8.99. The van der Waals surface area contributed by atoms with E-state index in [4.69, 9.17) is 5.26 Å². The van der Waals surface area contributed by atoms with Crippen molar-refractivity contribution < 1.29 is 13.6 Å². The molecule has 2 fully saturated rings. The molecule has 8 heteroatoms. The highest BCUT2D eigenvalue weighted by molar-refractivity contribution is 5.85. The Labute approximate surface area is 161 Å². The zero-order valence-electron chi connectivity index (χ0n) is 15.2. The summed E-state index contributed by atoms with van der Waals surface area (Å²) in [4.78, 5) is 25.1. The van der Waals surface area contributed by atoms with Gasteiger partial charge in [0.25, 0.3) is 0 Å². The largest absolute Gasteiger partial charge is 0.341 e. The smallest absolute Gasteiger partial charge is 0.229 e. The average Bonchev–Trinajstić information content (AvgIpc) is 3.01. The number of anilines is 1. The average molecular weight is 383 g/mol. The van der Waals surface area contributed by atoms with Crippen LogP contribution in [-0.2, 0) is 11.3 Å². The molecule has 2 aliphatic heterocycles. The van der Waals surface area contributed by atoms with Crippen LogP contribution in [0.1, 0.15) is 30.5 Å². The second-order valence-corrected chi connectivity index (χ2v) is 7.33. The van der Waals surface area contributed by atoms with Crippen LogP contribution in [0, 0.1) is 28.4 Å². The van der Waals surface area contributed by atoms with Crippen molar-refractivity contribution in [1.82, 2.24) is 14.9 Å². The molecule has 28 heavy (non-hydrogen) atoms. The molecular formula is C20H19F2N5O. The molecule has 1 amide bonds. The minimum absolute atomic E-state index is 0.00232. The Bertz CT molecular complexity index is 950. The molecule has 0 bridgehead atoms. The van der Waals surface area contributed by atoms with Gasteiger partial charge >= 0.3 is 0 Å². The number of amides is 1. The molecule has 1 spiro atoms. The van der Waals surface area contributed by atoms with Gasteiger partial charge in [0.1, 0.15) is 23.4 Å². The van der Waals surface area contributed by atoms with Gasteiger partial charge in [-0.2, -0.15) is 5.26 Å². The highest BCUT2D eigenvalue weighted by Gasteiger charge is 2.48. The second-order valence-electron chi connectivity index (χ2n) is 7.33. The molecule has 2 aromatic rings. The van der Waals surface area contributed by atoms with Crippen molar-refractivity contribution in [1.29, 1.82) is 5.26 Å². The number of carbonyl (C=O) groups is 1. The van der Waals surface area contributed by atoms with Crippen LogP contribution >= 0.6 is 0 Å². The number of hydrogen-bond acceptors (Lipinski definition) is 5. The standard InChI is InChI=1S/C20H19F2N5O/c21-15-1-2-17(22)14(11-15)13-27-10-6-20(18(27)28)4-8-26(9-5-20)19-24-7-3-16(12-23)25-19/h1-3,7,11H,4-6,8-10,13H2. The summed E-state index contributed by atoms with van der Waals surface area (Å²) in [7, 11) is 0. The fourth-order valence-electron chi connectivity index (χ4n) is 4.08. The maximum Gasteiger partial charge on any atom is 0.229 e. The lowest BCUT2D eigenvalue weighted by Gasteiger charge is -2.38. The van der Waals surface area contributed by atoms with Gasteiger partial charge in [0.15, 0.2) is 0 Å². The molecule has 0 atom stereocenters. The normalized spacial score (nSPS) is 18.5. The van der Waals surface area contributed by atoms with Gasteiger partial charge in [-0.15, -0.1) is 0 Å².